The van der Waals surface area contributed by atoms with Gasteiger partial charge in [-0.1, -0.05) is 52.2 Å². The first-order valence-electron chi connectivity index (χ1n) is 6.83. The van der Waals surface area contributed by atoms with Crippen LogP contribution in [0.2, 0.25) is 0 Å². The molecule has 5 heteroatoms. The van der Waals surface area contributed by atoms with E-state index in [0.717, 1.165) is 11.4 Å². The lowest BCUT2D eigenvalue weighted by atomic mass is 10.1. The van der Waals surface area contributed by atoms with Crippen LogP contribution in [0.1, 0.15) is 26.5 Å². The van der Waals surface area contributed by atoms with Crippen LogP contribution in [0.25, 0.3) is 5.70 Å². The molecule has 0 amide bonds. The number of guanidine groups is 1. The second kappa shape index (κ2) is 11.8. The van der Waals surface area contributed by atoms with Gasteiger partial charge in [-0.2, -0.15) is 0 Å². The molecule has 2 rings (SSSR count). The minimum atomic E-state index is 0.286. The number of hydrogen-bond acceptors (Lipinski definition) is 3. The molecular weight excluding hydrogens is 280 g/mol. The summed E-state index contributed by atoms with van der Waals surface area (Å²) in [7, 11) is 1.72. The molecule has 4 nitrogen and oxygen atoms in total. The first kappa shape index (κ1) is 19.0. The quantitative estimate of drug-likeness (QED) is 0.834. The maximum atomic E-state index is 4.26. The number of thiazole rings is 1. The van der Waals surface area contributed by atoms with E-state index in [0.29, 0.717) is 5.96 Å². The van der Waals surface area contributed by atoms with Gasteiger partial charge < -0.3 is 5.32 Å². The van der Waals surface area contributed by atoms with Gasteiger partial charge in [-0.3, -0.25) is 4.99 Å². The lowest BCUT2D eigenvalue weighted by Crippen LogP contribution is -2.19. The fourth-order valence-electron chi connectivity index (χ4n) is 1.30. The van der Waals surface area contributed by atoms with Crippen molar-refractivity contribution < 1.29 is 0 Å². The molecule has 1 atom stereocenters. The zero-order valence-corrected chi connectivity index (χ0v) is 14.0. The van der Waals surface area contributed by atoms with E-state index in [1.807, 2.05) is 31.0 Å². The van der Waals surface area contributed by atoms with Crippen molar-refractivity contribution in [2.45, 2.75) is 20.8 Å². The number of aromatic nitrogens is 1. The molecule has 21 heavy (non-hydrogen) atoms. The number of rotatable bonds is 2. The Kier molecular flexibility index (Phi) is 10.7. The average Bonchev–Trinajstić information content (AvgIpc) is 3.00. The fourth-order valence-corrected chi connectivity index (χ4v) is 1.85. The Morgan fingerprint density at radius 2 is 2.00 bits per heavy atom. The first-order chi connectivity index (χ1) is 10.2. The smallest absolute Gasteiger partial charge is 0.221 e. The highest BCUT2D eigenvalue weighted by Crippen LogP contribution is 2.15. The van der Waals surface area contributed by atoms with E-state index in [2.05, 4.69) is 46.4 Å². The lowest BCUT2D eigenvalue weighted by Gasteiger charge is -2.05. The maximum Gasteiger partial charge on any atom is 0.221 e. The summed E-state index contributed by atoms with van der Waals surface area (Å²) < 4.78 is 0. The van der Waals surface area contributed by atoms with Crippen LogP contribution < -0.4 is 5.32 Å². The Labute approximate surface area is 131 Å². The SMILES string of the molecule is C=CC=C.CC.CN=C1N=CC(C)C=C(c2cscn2)N1. The van der Waals surface area contributed by atoms with Crippen LogP contribution in [0, 0.1) is 5.92 Å². The van der Waals surface area contributed by atoms with E-state index in [4.69, 9.17) is 0 Å². The molecular formula is C16H24N4S. The third-order valence-electron chi connectivity index (χ3n) is 2.19. The van der Waals surface area contributed by atoms with Gasteiger partial charge in [0, 0.05) is 24.6 Å². The number of nitrogens with zero attached hydrogens (tertiary/aromatic N) is 3. The average molecular weight is 304 g/mol. The van der Waals surface area contributed by atoms with Gasteiger partial charge in [0.25, 0.3) is 0 Å². The summed E-state index contributed by atoms with van der Waals surface area (Å²) in [6.45, 7) is 12.8. The Morgan fingerprint density at radius 1 is 1.33 bits per heavy atom. The molecule has 1 aromatic heterocycles. The molecule has 1 aromatic rings. The van der Waals surface area contributed by atoms with E-state index in [9.17, 15) is 0 Å². The molecule has 1 unspecified atom stereocenters. The van der Waals surface area contributed by atoms with E-state index in [1.165, 1.54) is 0 Å². The van der Waals surface area contributed by atoms with Crippen molar-refractivity contribution in [1.29, 1.82) is 0 Å². The van der Waals surface area contributed by atoms with Crippen molar-refractivity contribution in [2.75, 3.05) is 7.05 Å². The van der Waals surface area contributed by atoms with Gasteiger partial charge in [-0.25, -0.2) is 9.98 Å². The Bertz CT molecular complexity index is 492. The molecule has 2 heterocycles. The highest BCUT2D eigenvalue weighted by Gasteiger charge is 2.10. The molecule has 0 aromatic carbocycles. The van der Waals surface area contributed by atoms with Crippen molar-refractivity contribution >= 4 is 29.2 Å². The molecule has 1 aliphatic heterocycles. The van der Waals surface area contributed by atoms with Crippen LogP contribution in [0.15, 0.2) is 52.3 Å². The van der Waals surface area contributed by atoms with Gasteiger partial charge in [-0.05, 0) is 0 Å². The minimum Gasteiger partial charge on any atom is -0.323 e. The first-order valence-corrected chi connectivity index (χ1v) is 7.77. The molecule has 1 N–H and O–H groups in total. The normalized spacial score (nSPS) is 18.0. The van der Waals surface area contributed by atoms with E-state index in [1.54, 1.807) is 30.5 Å². The summed E-state index contributed by atoms with van der Waals surface area (Å²) in [4.78, 5) is 12.5. The van der Waals surface area contributed by atoms with Gasteiger partial charge >= 0.3 is 0 Å². The zero-order chi connectivity index (χ0) is 16.1. The van der Waals surface area contributed by atoms with Crippen LogP contribution in [-0.4, -0.2) is 24.2 Å². The van der Waals surface area contributed by atoms with Crippen molar-refractivity contribution in [3.63, 3.8) is 0 Å². The molecule has 0 bridgehead atoms. The molecule has 0 aliphatic carbocycles. The second-order valence-corrected chi connectivity index (χ2v) is 4.45. The van der Waals surface area contributed by atoms with Crippen LogP contribution in [-0.2, 0) is 0 Å². The topological polar surface area (TPSA) is 49.6 Å². The van der Waals surface area contributed by atoms with E-state index >= 15 is 0 Å². The molecule has 0 spiro atoms. The monoisotopic (exact) mass is 304 g/mol. The summed E-state index contributed by atoms with van der Waals surface area (Å²) in [5.74, 6) is 0.909. The highest BCUT2D eigenvalue weighted by atomic mass is 32.1. The predicted octanol–water partition coefficient (Wildman–Crippen LogP) is 4.16. The number of nitrogens with one attached hydrogen (secondary N) is 1. The second-order valence-electron chi connectivity index (χ2n) is 3.73. The molecule has 114 valence electrons. The van der Waals surface area contributed by atoms with Gasteiger partial charge in [0.05, 0.1) is 16.9 Å². The summed E-state index contributed by atoms with van der Waals surface area (Å²) in [6, 6.07) is 0. The Balaban J connectivity index is 0.000000579. The van der Waals surface area contributed by atoms with Gasteiger partial charge in [0.15, 0.2) is 0 Å². The minimum absolute atomic E-state index is 0.286. The molecule has 0 fully saturated rings. The highest BCUT2D eigenvalue weighted by molar-refractivity contribution is 7.07. The third kappa shape index (κ3) is 7.37. The molecule has 0 radical (unpaired) electrons. The van der Waals surface area contributed by atoms with Crippen molar-refractivity contribution in [2.24, 2.45) is 15.9 Å². The van der Waals surface area contributed by atoms with Crippen LogP contribution >= 0.6 is 11.3 Å². The van der Waals surface area contributed by atoms with E-state index in [-0.39, 0.29) is 5.92 Å². The number of allylic oxidation sites excluding steroid dienone is 3. The predicted molar refractivity (Wildman–Crippen MR) is 96.0 cm³/mol. The van der Waals surface area contributed by atoms with Crippen LogP contribution in [0.3, 0.4) is 0 Å². The Hall–Kier alpha value is -2.01. The standard InChI is InChI=1S/C10H12N4S.C4H6.C2H6/c1-7-3-8(9-5-15-6-13-9)14-10(11-2)12-4-7;1-3-4-2;1-2/h3-7H,1-2H3,(H,11,14);3-4H,1-2H2;1-2H3. The fraction of sp³-hybridized carbons (Fsp3) is 0.312. The largest absolute Gasteiger partial charge is 0.323 e. The van der Waals surface area contributed by atoms with E-state index < -0.39 is 0 Å². The summed E-state index contributed by atoms with van der Waals surface area (Å²) >= 11 is 1.58. The van der Waals surface area contributed by atoms with Gasteiger partial charge in [0.2, 0.25) is 5.96 Å². The lowest BCUT2D eigenvalue weighted by molar-refractivity contribution is 1.03. The van der Waals surface area contributed by atoms with Gasteiger partial charge in [0.1, 0.15) is 0 Å². The summed E-state index contributed by atoms with van der Waals surface area (Å²) in [6.07, 6.45) is 7.24. The molecule has 0 saturated carbocycles. The maximum absolute atomic E-state index is 4.26. The van der Waals surface area contributed by atoms with Crippen molar-refractivity contribution in [1.82, 2.24) is 10.3 Å². The molecule has 1 aliphatic rings. The summed E-state index contributed by atoms with van der Waals surface area (Å²) in [5.41, 5.74) is 3.73. The van der Waals surface area contributed by atoms with Crippen LogP contribution in [0.5, 0.6) is 0 Å². The van der Waals surface area contributed by atoms with Crippen molar-refractivity contribution in [3.05, 3.63) is 48.0 Å². The third-order valence-corrected chi connectivity index (χ3v) is 2.78. The number of aliphatic imine (C=N–C) groups is 2. The van der Waals surface area contributed by atoms with Crippen LogP contribution in [0.4, 0.5) is 0 Å². The van der Waals surface area contributed by atoms with Gasteiger partial charge in [-0.15, -0.1) is 11.3 Å². The zero-order valence-electron chi connectivity index (χ0n) is 13.2. The number of hydrogen-bond donors (Lipinski definition) is 1. The summed E-state index contributed by atoms with van der Waals surface area (Å²) in [5, 5.41) is 5.16. The molecule has 0 saturated heterocycles. The Morgan fingerprint density at radius 3 is 2.48 bits per heavy atom. The van der Waals surface area contributed by atoms with Crippen molar-refractivity contribution in [3.8, 4) is 0 Å².